The molecule has 0 aliphatic rings. The van der Waals surface area contributed by atoms with Crippen LogP contribution in [0.1, 0.15) is 23.5 Å². The van der Waals surface area contributed by atoms with Gasteiger partial charge in [0, 0.05) is 13.0 Å². The fourth-order valence-corrected chi connectivity index (χ4v) is 1.60. The Bertz CT molecular complexity index is 335. The lowest BCUT2D eigenvalue weighted by Crippen LogP contribution is -2.16. The number of nitrogens with two attached hydrogens (primary N) is 1. The molecule has 1 aromatic carbocycles. The zero-order chi connectivity index (χ0) is 12.0. The Balaban J connectivity index is 2.73. The molecule has 4 nitrogen and oxygen atoms in total. The molecular weight excluding hydrogens is 206 g/mol. The number of ether oxygens (including phenoxy) is 1. The number of hydrogen-bond acceptors (Lipinski definition) is 3. The average Bonchev–Trinajstić information content (AvgIpc) is 2.27. The molecule has 0 spiro atoms. The van der Waals surface area contributed by atoms with Crippen molar-refractivity contribution < 1.29 is 14.6 Å². The van der Waals surface area contributed by atoms with Crippen molar-refractivity contribution in [3.8, 4) is 0 Å². The molecule has 88 valence electrons. The van der Waals surface area contributed by atoms with Crippen LogP contribution in [0.5, 0.6) is 0 Å². The monoisotopic (exact) mass is 223 g/mol. The first kappa shape index (κ1) is 12.7. The third kappa shape index (κ3) is 3.64. The van der Waals surface area contributed by atoms with Crippen LogP contribution in [0, 0.1) is 0 Å². The molecule has 0 radical (unpaired) electrons. The van der Waals surface area contributed by atoms with Crippen molar-refractivity contribution in [2.24, 2.45) is 5.73 Å². The lowest BCUT2D eigenvalue weighted by molar-refractivity contribution is -0.137. The van der Waals surface area contributed by atoms with E-state index in [0.717, 1.165) is 11.1 Å². The van der Waals surface area contributed by atoms with Crippen LogP contribution in [0.2, 0.25) is 0 Å². The number of benzene rings is 1. The molecule has 0 aromatic heterocycles. The fraction of sp³-hybridized carbons (Fsp3) is 0.417. The van der Waals surface area contributed by atoms with Crippen molar-refractivity contribution in [1.29, 1.82) is 0 Å². The third-order valence-electron chi connectivity index (χ3n) is 2.47. The van der Waals surface area contributed by atoms with Crippen molar-refractivity contribution in [2.75, 3.05) is 13.7 Å². The van der Waals surface area contributed by atoms with Gasteiger partial charge in [-0.2, -0.15) is 0 Å². The highest BCUT2D eigenvalue weighted by Crippen LogP contribution is 2.19. The topological polar surface area (TPSA) is 72.5 Å². The molecule has 3 N–H and O–H groups in total. The van der Waals surface area contributed by atoms with Gasteiger partial charge < -0.3 is 15.6 Å². The summed E-state index contributed by atoms with van der Waals surface area (Å²) in [7, 11) is 1.64. The second kappa shape index (κ2) is 6.25. The standard InChI is InChI=1S/C12H17NO3/c1-16-8-9-2-4-10(5-3-9)11(7-13)6-12(14)15/h2-5,11H,6-8,13H2,1H3,(H,14,15). The molecule has 0 saturated heterocycles. The van der Waals surface area contributed by atoms with Crippen molar-refractivity contribution in [3.63, 3.8) is 0 Å². The zero-order valence-electron chi connectivity index (χ0n) is 9.35. The predicted molar refractivity (Wildman–Crippen MR) is 61.2 cm³/mol. The summed E-state index contributed by atoms with van der Waals surface area (Å²) in [6.45, 7) is 0.905. The minimum absolute atomic E-state index is 0.0696. The van der Waals surface area contributed by atoms with Crippen LogP contribution in [-0.2, 0) is 16.1 Å². The maximum Gasteiger partial charge on any atom is 0.304 e. The number of carboxylic acids is 1. The quantitative estimate of drug-likeness (QED) is 0.763. The average molecular weight is 223 g/mol. The first-order chi connectivity index (χ1) is 7.67. The Labute approximate surface area is 95.0 Å². The first-order valence-electron chi connectivity index (χ1n) is 5.17. The van der Waals surface area contributed by atoms with Gasteiger partial charge in [-0.05, 0) is 17.7 Å². The number of rotatable bonds is 6. The van der Waals surface area contributed by atoms with E-state index in [1.54, 1.807) is 7.11 Å². The maximum absolute atomic E-state index is 10.6. The van der Waals surface area contributed by atoms with E-state index in [9.17, 15) is 4.79 Å². The number of hydrogen-bond donors (Lipinski definition) is 2. The lowest BCUT2D eigenvalue weighted by Gasteiger charge is -2.13. The second-order valence-electron chi connectivity index (χ2n) is 3.71. The van der Waals surface area contributed by atoms with Crippen molar-refractivity contribution >= 4 is 5.97 Å². The lowest BCUT2D eigenvalue weighted by atomic mass is 9.95. The molecule has 0 bridgehead atoms. The summed E-state index contributed by atoms with van der Waals surface area (Å²) in [6.07, 6.45) is 0.0696. The van der Waals surface area contributed by atoms with Gasteiger partial charge in [-0.3, -0.25) is 4.79 Å². The number of carbonyl (C=O) groups is 1. The SMILES string of the molecule is COCc1ccc(C(CN)CC(=O)O)cc1. The van der Waals surface area contributed by atoms with Gasteiger partial charge in [0.1, 0.15) is 0 Å². The molecule has 0 saturated carbocycles. The fourth-order valence-electron chi connectivity index (χ4n) is 1.60. The van der Waals surface area contributed by atoms with Gasteiger partial charge in [-0.1, -0.05) is 24.3 Å². The molecule has 0 aliphatic carbocycles. The number of aliphatic carboxylic acids is 1. The van der Waals surface area contributed by atoms with Crippen LogP contribution in [0.15, 0.2) is 24.3 Å². The molecule has 1 rings (SSSR count). The highest BCUT2D eigenvalue weighted by atomic mass is 16.5. The summed E-state index contributed by atoms with van der Waals surface area (Å²) in [5.74, 6) is -0.939. The first-order valence-corrected chi connectivity index (χ1v) is 5.17. The molecule has 4 heteroatoms. The van der Waals surface area contributed by atoms with Crippen LogP contribution in [0.4, 0.5) is 0 Å². The summed E-state index contributed by atoms with van der Waals surface area (Å²) in [4.78, 5) is 10.6. The van der Waals surface area contributed by atoms with Crippen molar-refractivity contribution in [1.82, 2.24) is 0 Å². The number of carboxylic acid groups (broad SMARTS) is 1. The molecule has 0 fully saturated rings. The summed E-state index contributed by atoms with van der Waals surface area (Å²) < 4.78 is 5.00. The molecular formula is C12H17NO3. The van der Waals surface area contributed by atoms with E-state index < -0.39 is 5.97 Å². The van der Waals surface area contributed by atoms with E-state index in [2.05, 4.69) is 0 Å². The number of methoxy groups -OCH3 is 1. The summed E-state index contributed by atoms with van der Waals surface area (Å²) in [5, 5.41) is 8.74. The van der Waals surface area contributed by atoms with Crippen LogP contribution in [-0.4, -0.2) is 24.7 Å². The Morgan fingerprint density at radius 2 is 2.06 bits per heavy atom. The Hall–Kier alpha value is -1.39. The summed E-state index contributed by atoms with van der Waals surface area (Å²) in [5.41, 5.74) is 7.59. The largest absolute Gasteiger partial charge is 0.481 e. The van der Waals surface area contributed by atoms with E-state index in [-0.39, 0.29) is 12.3 Å². The molecule has 1 atom stereocenters. The highest BCUT2D eigenvalue weighted by Gasteiger charge is 2.13. The smallest absolute Gasteiger partial charge is 0.304 e. The van der Waals surface area contributed by atoms with Gasteiger partial charge in [0.2, 0.25) is 0 Å². The van der Waals surface area contributed by atoms with E-state index in [1.165, 1.54) is 0 Å². The zero-order valence-corrected chi connectivity index (χ0v) is 9.35. The van der Waals surface area contributed by atoms with E-state index >= 15 is 0 Å². The van der Waals surface area contributed by atoms with Gasteiger partial charge in [-0.25, -0.2) is 0 Å². The Morgan fingerprint density at radius 1 is 1.44 bits per heavy atom. The Morgan fingerprint density at radius 3 is 2.50 bits per heavy atom. The van der Waals surface area contributed by atoms with Gasteiger partial charge in [0.25, 0.3) is 0 Å². The van der Waals surface area contributed by atoms with Crippen molar-refractivity contribution in [3.05, 3.63) is 35.4 Å². The van der Waals surface area contributed by atoms with Crippen LogP contribution < -0.4 is 5.73 Å². The summed E-state index contributed by atoms with van der Waals surface area (Å²) >= 11 is 0. The minimum Gasteiger partial charge on any atom is -0.481 e. The minimum atomic E-state index is -0.823. The molecule has 1 aromatic rings. The van der Waals surface area contributed by atoms with Gasteiger partial charge in [0.15, 0.2) is 0 Å². The van der Waals surface area contributed by atoms with Crippen LogP contribution in [0.25, 0.3) is 0 Å². The summed E-state index contributed by atoms with van der Waals surface area (Å²) in [6, 6.07) is 7.69. The van der Waals surface area contributed by atoms with Crippen LogP contribution in [0.3, 0.4) is 0 Å². The van der Waals surface area contributed by atoms with E-state index in [0.29, 0.717) is 13.2 Å². The second-order valence-corrected chi connectivity index (χ2v) is 3.71. The molecule has 16 heavy (non-hydrogen) atoms. The molecule has 0 heterocycles. The van der Waals surface area contributed by atoms with E-state index in [1.807, 2.05) is 24.3 Å². The highest BCUT2D eigenvalue weighted by molar-refractivity contribution is 5.68. The van der Waals surface area contributed by atoms with Gasteiger partial charge in [0.05, 0.1) is 13.0 Å². The van der Waals surface area contributed by atoms with Crippen LogP contribution >= 0.6 is 0 Å². The molecule has 0 aliphatic heterocycles. The molecule has 0 amide bonds. The van der Waals surface area contributed by atoms with E-state index in [4.69, 9.17) is 15.6 Å². The molecule has 1 unspecified atom stereocenters. The normalized spacial score (nSPS) is 12.4. The predicted octanol–water partition coefficient (Wildman–Crippen LogP) is 1.35. The van der Waals surface area contributed by atoms with Gasteiger partial charge in [-0.15, -0.1) is 0 Å². The third-order valence-corrected chi connectivity index (χ3v) is 2.47. The van der Waals surface area contributed by atoms with Gasteiger partial charge >= 0.3 is 5.97 Å². The Kier molecular flexibility index (Phi) is 4.95. The maximum atomic E-state index is 10.6. The van der Waals surface area contributed by atoms with Crippen molar-refractivity contribution in [2.45, 2.75) is 18.9 Å².